The Kier molecular flexibility index (Phi) is 4.24. The quantitative estimate of drug-likeness (QED) is 0.906. The number of aliphatic hydroxyl groups is 1. The van der Waals surface area contributed by atoms with Gasteiger partial charge in [0.05, 0.1) is 23.0 Å². The summed E-state index contributed by atoms with van der Waals surface area (Å²) in [4.78, 5) is 17.1. The van der Waals surface area contributed by atoms with Crippen LogP contribution in [0.1, 0.15) is 29.6 Å². The number of carbonyl (C=O) groups excluding carboxylic acids is 1. The second-order valence-corrected chi connectivity index (χ2v) is 7.06. The van der Waals surface area contributed by atoms with E-state index in [1.165, 1.54) is 0 Å². The van der Waals surface area contributed by atoms with Crippen molar-refractivity contribution in [2.75, 3.05) is 26.2 Å². The Bertz CT molecular complexity index is 752. The van der Waals surface area contributed by atoms with E-state index >= 15 is 0 Å². The summed E-state index contributed by atoms with van der Waals surface area (Å²) in [5.74, 6) is 0.0182. The number of fused-ring (bicyclic) bond motifs is 1. The van der Waals surface area contributed by atoms with Crippen molar-refractivity contribution in [2.24, 2.45) is 0 Å². The molecule has 1 saturated heterocycles. The second-order valence-electron chi connectivity index (χ2n) is 6.65. The summed E-state index contributed by atoms with van der Waals surface area (Å²) in [7, 11) is 0. The number of piperazine rings is 1. The fourth-order valence-electron chi connectivity index (χ4n) is 3.99. The average Bonchev–Trinajstić information content (AvgIpc) is 3.24. The molecule has 2 atom stereocenters. The lowest BCUT2D eigenvalue weighted by Gasteiger charge is -2.39. The molecule has 2 heterocycles. The lowest BCUT2D eigenvalue weighted by atomic mass is 10.1. The highest BCUT2D eigenvalue weighted by Crippen LogP contribution is 2.29. The number of carbonyl (C=O) groups is 1. The number of rotatable bonds is 2. The summed E-state index contributed by atoms with van der Waals surface area (Å²) in [6.07, 6.45) is 4.39. The molecule has 1 aromatic heterocycles. The van der Waals surface area contributed by atoms with Crippen molar-refractivity contribution in [1.82, 2.24) is 9.80 Å². The van der Waals surface area contributed by atoms with Gasteiger partial charge in [-0.1, -0.05) is 11.6 Å². The zero-order chi connectivity index (χ0) is 16.7. The first kappa shape index (κ1) is 15.9. The first-order chi connectivity index (χ1) is 11.6. The van der Waals surface area contributed by atoms with E-state index in [9.17, 15) is 9.90 Å². The molecule has 0 spiro atoms. The molecule has 1 saturated carbocycles. The van der Waals surface area contributed by atoms with Gasteiger partial charge < -0.3 is 14.4 Å². The normalized spacial score (nSPS) is 25.5. The van der Waals surface area contributed by atoms with Gasteiger partial charge in [-0.3, -0.25) is 9.69 Å². The van der Waals surface area contributed by atoms with Crippen LogP contribution in [0.4, 0.5) is 0 Å². The van der Waals surface area contributed by atoms with Crippen molar-refractivity contribution in [1.29, 1.82) is 0 Å². The van der Waals surface area contributed by atoms with Gasteiger partial charge in [-0.15, -0.1) is 0 Å². The summed E-state index contributed by atoms with van der Waals surface area (Å²) >= 11 is 6.12. The Labute approximate surface area is 145 Å². The minimum atomic E-state index is -0.214. The number of benzene rings is 1. The summed E-state index contributed by atoms with van der Waals surface area (Å²) in [5.41, 5.74) is 1.20. The predicted molar refractivity (Wildman–Crippen MR) is 92.3 cm³/mol. The third-order valence-corrected chi connectivity index (χ3v) is 5.61. The molecule has 1 aliphatic heterocycles. The van der Waals surface area contributed by atoms with Crippen molar-refractivity contribution in [3.05, 3.63) is 35.0 Å². The molecular formula is C18H21ClN2O3. The summed E-state index contributed by atoms with van der Waals surface area (Å²) < 4.78 is 5.38. The van der Waals surface area contributed by atoms with Crippen molar-refractivity contribution >= 4 is 28.5 Å². The number of aliphatic hydroxyl groups excluding tert-OH is 1. The topological polar surface area (TPSA) is 56.9 Å². The second kappa shape index (κ2) is 6.39. The van der Waals surface area contributed by atoms with Gasteiger partial charge in [0.15, 0.2) is 5.58 Å². The van der Waals surface area contributed by atoms with Crippen LogP contribution in [0.3, 0.4) is 0 Å². The number of halogens is 1. The Hall–Kier alpha value is -1.56. The minimum Gasteiger partial charge on any atom is -0.463 e. The monoisotopic (exact) mass is 348 g/mol. The van der Waals surface area contributed by atoms with Gasteiger partial charge in [0.2, 0.25) is 0 Å². The highest BCUT2D eigenvalue weighted by Gasteiger charge is 2.33. The average molecular weight is 349 g/mol. The van der Waals surface area contributed by atoms with Crippen LogP contribution < -0.4 is 0 Å². The minimum absolute atomic E-state index is 0.0182. The fourth-order valence-corrected chi connectivity index (χ4v) is 4.20. The van der Waals surface area contributed by atoms with Gasteiger partial charge in [0.25, 0.3) is 5.91 Å². The number of amides is 1. The Morgan fingerprint density at radius 2 is 1.96 bits per heavy atom. The van der Waals surface area contributed by atoms with E-state index in [0.29, 0.717) is 29.3 Å². The van der Waals surface area contributed by atoms with E-state index in [1.54, 1.807) is 24.5 Å². The maximum absolute atomic E-state index is 12.9. The third kappa shape index (κ3) is 2.70. The van der Waals surface area contributed by atoms with Gasteiger partial charge in [0, 0.05) is 37.6 Å². The van der Waals surface area contributed by atoms with Gasteiger partial charge in [0.1, 0.15) is 0 Å². The van der Waals surface area contributed by atoms with E-state index in [0.717, 1.165) is 37.7 Å². The molecule has 0 radical (unpaired) electrons. The lowest BCUT2D eigenvalue weighted by Crippen LogP contribution is -2.53. The first-order valence-electron chi connectivity index (χ1n) is 8.52. The van der Waals surface area contributed by atoms with Crippen molar-refractivity contribution in [2.45, 2.75) is 31.4 Å². The number of hydrogen-bond donors (Lipinski definition) is 1. The standard InChI is InChI=1S/C18H21ClN2O3/c19-14-5-4-13(12-6-11-24-17(12)14)18(23)21-9-7-20(8-10-21)15-2-1-3-16(15)22/h4-6,11,15-16,22H,1-3,7-10H2. The molecule has 1 N–H and O–H groups in total. The summed E-state index contributed by atoms with van der Waals surface area (Å²) in [6, 6.07) is 5.54. The molecule has 5 nitrogen and oxygen atoms in total. The smallest absolute Gasteiger partial charge is 0.254 e. The molecular weight excluding hydrogens is 328 g/mol. The van der Waals surface area contributed by atoms with Crippen LogP contribution in [0.5, 0.6) is 0 Å². The molecule has 128 valence electrons. The van der Waals surface area contributed by atoms with Crippen LogP contribution in [0.15, 0.2) is 28.9 Å². The Morgan fingerprint density at radius 1 is 1.17 bits per heavy atom. The Balaban J connectivity index is 1.48. The van der Waals surface area contributed by atoms with Crippen LogP contribution in [-0.4, -0.2) is 59.1 Å². The first-order valence-corrected chi connectivity index (χ1v) is 8.90. The summed E-state index contributed by atoms with van der Waals surface area (Å²) in [6.45, 7) is 3.00. The third-order valence-electron chi connectivity index (χ3n) is 5.31. The van der Waals surface area contributed by atoms with Gasteiger partial charge in [-0.2, -0.15) is 0 Å². The van der Waals surface area contributed by atoms with E-state index in [1.807, 2.05) is 4.90 Å². The van der Waals surface area contributed by atoms with Crippen molar-refractivity contribution < 1.29 is 14.3 Å². The maximum Gasteiger partial charge on any atom is 0.254 e. The van der Waals surface area contributed by atoms with E-state index in [2.05, 4.69) is 4.90 Å². The van der Waals surface area contributed by atoms with Crippen LogP contribution in [0.2, 0.25) is 5.02 Å². The largest absolute Gasteiger partial charge is 0.463 e. The van der Waals surface area contributed by atoms with E-state index in [-0.39, 0.29) is 18.1 Å². The molecule has 2 unspecified atom stereocenters. The molecule has 2 fully saturated rings. The van der Waals surface area contributed by atoms with Crippen LogP contribution >= 0.6 is 11.6 Å². The molecule has 1 aromatic carbocycles. The molecule has 1 amide bonds. The van der Waals surface area contributed by atoms with Gasteiger partial charge in [-0.05, 0) is 37.5 Å². The van der Waals surface area contributed by atoms with Gasteiger partial charge >= 0.3 is 0 Å². The number of hydrogen-bond acceptors (Lipinski definition) is 4. The lowest BCUT2D eigenvalue weighted by molar-refractivity contribution is 0.0316. The van der Waals surface area contributed by atoms with Crippen molar-refractivity contribution in [3.63, 3.8) is 0 Å². The van der Waals surface area contributed by atoms with E-state index in [4.69, 9.17) is 16.0 Å². The van der Waals surface area contributed by atoms with E-state index < -0.39 is 0 Å². The molecule has 0 bridgehead atoms. The van der Waals surface area contributed by atoms with Crippen molar-refractivity contribution in [3.8, 4) is 0 Å². The van der Waals surface area contributed by atoms with Crippen LogP contribution in [-0.2, 0) is 0 Å². The van der Waals surface area contributed by atoms with Gasteiger partial charge in [-0.25, -0.2) is 0 Å². The molecule has 4 rings (SSSR count). The molecule has 1 aliphatic carbocycles. The number of furan rings is 1. The van der Waals surface area contributed by atoms with Crippen LogP contribution in [0.25, 0.3) is 11.0 Å². The van der Waals surface area contributed by atoms with Crippen LogP contribution in [0, 0.1) is 0 Å². The molecule has 24 heavy (non-hydrogen) atoms. The Morgan fingerprint density at radius 3 is 2.67 bits per heavy atom. The number of nitrogens with zero attached hydrogens (tertiary/aromatic N) is 2. The summed E-state index contributed by atoms with van der Waals surface area (Å²) in [5, 5.41) is 11.4. The highest BCUT2D eigenvalue weighted by atomic mass is 35.5. The molecule has 2 aliphatic rings. The zero-order valence-corrected chi connectivity index (χ0v) is 14.2. The molecule has 2 aromatic rings. The highest BCUT2D eigenvalue weighted by molar-refractivity contribution is 6.35. The fraction of sp³-hybridized carbons (Fsp3) is 0.500. The molecule has 6 heteroatoms. The predicted octanol–water partition coefficient (Wildman–Crippen LogP) is 2.76. The zero-order valence-electron chi connectivity index (χ0n) is 13.4. The maximum atomic E-state index is 12.9. The SMILES string of the molecule is O=C(c1ccc(Cl)c2occc12)N1CCN(C2CCCC2O)CC1.